The van der Waals surface area contributed by atoms with Crippen molar-refractivity contribution in [3.05, 3.63) is 29.8 Å². The van der Waals surface area contributed by atoms with Gasteiger partial charge in [-0.2, -0.15) is 0 Å². The molecule has 2 heterocycles. The van der Waals surface area contributed by atoms with Gasteiger partial charge in [0.05, 0.1) is 26.2 Å². The van der Waals surface area contributed by atoms with Gasteiger partial charge in [-0.05, 0) is 23.1 Å². The first kappa shape index (κ1) is 20.6. The van der Waals surface area contributed by atoms with Gasteiger partial charge in [0.15, 0.2) is 0 Å². The van der Waals surface area contributed by atoms with E-state index in [1.807, 2.05) is 34.1 Å². The lowest BCUT2D eigenvalue weighted by atomic mass is 9.88. The lowest BCUT2D eigenvalue weighted by molar-refractivity contribution is -0.140. The second kappa shape index (κ2) is 8.52. The number of amides is 2. The maximum atomic E-state index is 13.3. The number of hydrogen-bond donors (Lipinski definition) is 0. The van der Waals surface area contributed by atoms with Gasteiger partial charge < -0.3 is 19.3 Å². The van der Waals surface area contributed by atoms with Gasteiger partial charge >= 0.3 is 0 Å². The van der Waals surface area contributed by atoms with Gasteiger partial charge in [0, 0.05) is 38.5 Å². The molecule has 0 unspecified atom stereocenters. The molecule has 28 heavy (non-hydrogen) atoms. The van der Waals surface area contributed by atoms with E-state index in [9.17, 15) is 9.59 Å². The highest BCUT2D eigenvalue weighted by Gasteiger charge is 2.42. The van der Waals surface area contributed by atoms with Crippen LogP contribution in [0.15, 0.2) is 24.3 Å². The molecule has 0 saturated carbocycles. The molecule has 3 rings (SSSR count). The standard InChI is InChI=1S/C22H32N2O4/c1-22(2,3)13-20(25)24-14-18(16-5-7-17(27-4)8-6-16)19(15-24)21(26)23-9-11-28-12-10-23/h5-8,18-19H,9-15H2,1-4H3/t18-,19-/m1/s1. The molecule has 2 aliphatic rings. The average molecular weight is 389 g/mol. The number of morpholine rings is 1. The molecule has 0 radical (unpaired) electrons. The van der Waals surface area contributed by atoms with Crippen molar-refractivity contribution in [2.24, 2.45) is 11.3 Å². The van der Waals surface area contributed by atoms with Crippen LogP contribution in [0.2, 0.25) is 0 Å². The van der Waals surface area contributed by atoms with Gasteiger partial charge in [-0.25, -0.2) is 0 Å². The van der Waals surface area contributed by atoms with Crippen molar-refractivity contribution in [1.82, 2.24) is 9.80 Å². The van der Waals surface area contributed by atoms with E-state index >= 15 is 0 Å². The summed E-state index contributed by atoms with van der Waals surface area (Å²) in [5.41, 5.74) is 1.01. The van der Waals surface area contributed by atoms with Gasteiger partial charge in [0.25, 0.3) is 0 Å². The topological polar surface area (TPSA) is 59.1 Å². The highest BCUT2D eigenvalue weighted by Crippen LogP contribution is 2.36. The molecule has 2 fully saturated rings. The molecule has 0 N–H and O–H groups in total. The monoisotopic (exact) mass is 388 g/mol. The first-order chi connectivity index (χ1) is 13.3. The van der Waals surface area contributed by atoms with Crippen LogP contribution in [0.5, 0.6) is 5.75 Å². The molecule has 6 nitrogen and oxygen atoms in total. The van der Waals surface area contributed by atoms with Crippen molar-refractivity contribution in [3.8, 4) is 5.75 Å². The Balaban J connectivity index is 1.81. The molecule has 154 valence electrons. The average Bonchev–Trinajstić information content (AvgIpc) is 3.12. The molecule has 1 aromatic carbocycles. The third-order valence-electron chi connectivity index (χ3n) is 5.54. The second-order valence-corrected chi connectivity index (χ2v) is 8.96. The Kier molecular flexibility index (Phi) is 6.28. The Morgan fingerprint density at radius 2 is 1.71 bits per heavy atom. The number of carbonyl (C=O) groups excluding carboxylic acids is 2. The Morgan fingerprint density at radius 1 is 1.07 bits per heavy atom. The fourth-order valence-corrected chi connectivity index (χ4v) is 4.03. The minimum Gasteiger partial charge on any atom is -0.497 e. The van der Waals surface area contributed by atoms with Crippen molar-refractivity contribution in [3.63, 3.8) is 0 Å². The number of carbonyl (C=O) groups is 2. The zero-order valence-corrected chi connectivity index (χ0v) is 17.4. The number of rotatable bonds is 4. The zero-order valence-electron chi connectivity index (χ0n) is 17.4. The van der Waals surface area contributed by atoms with Crippen molar-refractivity contribution < 1.29 is 19.1 Å². The number of nitrogens with zero attached hydrogens (tertiary/aromatic N) is 2. The summed E-state index contributed by atoms with van der Waals surface area (Å²) in [6, 6.07) is 7.87. The van der Waals surface area contributed by atoms with E-state index in [1.165, 1.54) is 0 Å². The number of hydrogen-bond acceptors (Lipinski definition) is 4. The minimum atomic E-state index is -0.213. The van der Waals surface area contributed by atoms with E-state index in [1.54, 1.807) is 7.11 Å². The maximum absolute atomic E-state index is 13.3. The van der Waals surface area contributed by atoms with Crippen LogP contribution in [0.3, 0.4) is 0 Å². The smallest absolute Gasteiger partial charge is 0.228 e. The van der Waals surface area contributed by atoms with Crippen LogP contribution in [0.1, 0.15) is 38.7 Å². The first-order valence-electron chi connectivity index (χ1n) is 10.1. The van der Waals surface area contributed by atoms with Crippen molar-refractivity contribution >= 4 is 11.8 Å². The highest BCUT2D eigenvalue weighted by molar-refractivity contribution is 5.83. The second-order valence-electron chi connectivity index (χ2n) is 8.96. The summed E-state index contributed by atoms with van der Waals surface area (Å²) in [5.74, 6) is 0.845. The molecule has 0 bridgehead atoms. The van der Waals surface area contributed by atoms with Crippen LogP contribution in [0.25, 0.3) is 0 Å². The van der Waals surface area contributed by atoms with Gasteiger partial charge in [0.2, 0.25) is 11.8 Å². The van der Waals surface area contributed by atoms with Gasteiger partial charge in [0.1, 0.15) is 5.75 Å². The Bertz CT molecular complexity index is 689. The van der Waals surface area contributed by atoms with E-state index in [0.717, 1.165) is 11.3 Å². The molecule has 0 aromatic heterocycles. The van der Waals surface area contributed by atoms with Crippen molar-refractivity contribution in [1.29, 1.82) is 0 Å². The van der Waals surface area contributed by atoms with Crippen LogP contribution in [-0.2, 0) is 14.3 Å². The molecular formula is C22H32N2O4. The lowest BCUT2D eigenvalue weighted by Crippen LogP contribution is -2.45. The number of benzene rings is 1. The summed E-state index contributed by atoms with van der Waals surface area (Å²) >= 11 is 0. The summed E-state index contributed by atoms with van der Waals surface area (Å²) in [7, 11) is 1.64. The molecule has 2 amide bonds. The lowest BCUT2D eigenvalue weighted by Gasteiger charge is -2.31. The number of methoxy groups -OCH3 is 1. The Hall–Kier alpha value is -2.08. The highest BCUT2D eigenvalue weighted by atomic mass is 16.5. The summed E-state index contributed by atoms with van der Waals surface area (Å²) < 4.78 is 10.7. The number of likely N-dealkylation sites (tertiary alicyclic amines) is 1. The van der Waals surface area contributed by atoms with E-state index in [4.69, 9.17) is 9.47 Å². The zero-order chi connectivity index (χ0) is 20.3. The first-order valence-corrected chi connectivity index (χ1v) is 10.1. The largest absolute Gasteiger partial charge is 0.497 e. The molecular weight excluding hydrogens is 356 g/mol. The fourth-order valence-electron chi connectivity index (χ4n) is 4.03. The summed E-state index contributed by atoms with van der Waals surface area (Å²) in [4.78, 5) is 29.9. The van der Waals surface area contributed by atoms with Crippen LogP contribution in [0.4, 0.5) is 0 Å². The van der Waals surface area contributed by atoms with Crippen molar-refractivity contribution in [2.75, 3.05) is 46.5 Å². The third-order valence-corrected chi connectivity index (χ3v) is 5.54. The Morgan fingerprint density at radius 3 is 2.29 bits per heavy atom. The predicted molar refractivity (Wildman–Crippen MR) is 107 cm³/mol. The van der Waals surface area contributed by atoms with Gasteiger partial charge in [-0.3, -0.25) is 9.59 Å². The Labute approximate surface area is 167 Å². The molecule has 2 aliphatic heterocycles. The SMILES string of the molecule is COc1ccc([C@H]2CN(C(=O)CC(C)(C)C)C[C@H]2C(=O)N2CCOCC2)cc1. The van der Waals surface area contributed by atoms with Gasteiger partial charge in [-0.1, -0.05) is 32.9 Å². The van der Waals surface area contributed by atoms with Crippen LogP contribution in [0, 0.1) is 11.3 Å². The summed E-state index contributed by atoms with van der Waals surface area (Å²) in [6.45, 7) is 9.69. The summed E-state index contributed by atoms with van der Waals surface area (Å²) in [5, 5.41) is 0. The van der Waals surface area contributed by atoms with Crippen molar-refractivity contribution in [2.45, 2.75) is 33.1 Å². The number of ether oxygens (including phenoxy) is 2. The molecule has 0 spiro atoms. The van der Waals surface area contributed by atoms with E-state index < -0.39 is 0 Å². The molecule has 1 aromatic rings. The molecule has 2 atom stereocenters. The van der Waals surface area contributed by atoms with E-state index in [2.05, 4.69) is 20.8 Å². The third kappa shape index (κ3) is 4.85. The summed E-state index contributed by atoms with van der Waals surface area (Å²) in [6.07, 6.45) is 0.487. The quantitative estimate of drug-likeness (QED) is 0.795. The van der Waals surface area contributed by atoms with E-state index in [-0.39, 0.29) is 29.1 Å². The van der Waals surface area contributed by atoms with Crippen LogP contribution < -0.4 is 4.74 Å². The molecule has 6 heteroatoms. The molecule has 2 saturated heterocycles. The maximum Gasteiger partial charge on any atom is 0.228 e. The normalized spacial score (nSPS) is 23.0. The van der Waals surface area contributed by atoms with Crippen LogP contribution >= 0.6 is 0 Å². The molecule has 0 aliphatic carbocycles. The van der Waals surface area contributed by atoms with E-state index in [0.29, 0.717) is 45.8 Å². The fraction of sp³-hybridized carbons (Fsp3) is 0.636. The van der Waals surface area contributed by atoms with Gasteiger partial charge in [-0.15, -0.1) is 0 Å². The van der Waals surface area contributed by atoms with Crippen LogP contribution in [-0.4, -0.2) is 68.1 Å². The predicted octanol–water partition coefficient (Wildman–Crippen LogP) is 2.53. The minimum absolute atomic E-state index is 0.00479.